The number of ether oxygens (including phenoxy) is 1. The highest BCUT2D eigenvalue weighted by molar-refractivity contribution is 4.92. The number of aliphatic hydroxyl groups is 1. The second kappa shape index (κ2) is 9.05. The van der Waals surface area contributed by atoms with Crippen LogP contribution in [-0.2, 0) is 11.8 Å². The van der Waals surface area contributed by atoms with Gasteiger partial charge in [-0.25, -0.2) is 0 Å². The first-order valence-corrected chi connectivity index (χ1v) is 7.33. The average Bonchev–Trinajstić information content (AvgIpc) is 2.81. The van der Waals surface area contributed by atoms with E-state index in [9.17, 15) is 5.11 Å². The van der Waals surface area contributed by atoms with E-state index in [0.717, 1.165) is 18.7 Å². The third kappa shape index (κ3) is 6.45. The average molecular weight is 284 g/mol. The van der Waals surface area contributed by atoms with Crippen molar-refractivity contribution in [3.8, 4) is 0 Å². The molecule has 0 aliphatic heterocycles. The van der Waals surface area contributed by atoms with Gasteiger partial charge >= 0.3 is 0 Å². The molecule has 0 bridgehead atoms. The van der Waals surface area contributed by atoms with Crippen molar-refractivity contribution in [2.75, 3.05) is 19.8 Å². The molecule has 0 saturated heterocycles. The highest BCUT2D eigenvalue weighted by atomic mass is 16.5. The molecule has 0 saturated carbocycles. The summed E-state index contributed by atoms with van der Waals surface area (Å²) in [6.07, 6.45) is 3.39. The van der Waals surface area contributed by atoms with Crippen LogP contribution >= 0.6 is 0 Å². The number of hydrogen-bond acceptors (Lipinski definition) is 5. The van der Waals surface area contributed by atoms with Crippen LogP contribution in [0.5, 0.6) is 0 Å². The van der Waals surface area contributed by atoms with Gasteiger partial charge in [0.25, 0.3) is 0 Å². The zero-order valence-electron chi connectivity index (χ0n) is 13.0. The first-order valence-electron chi connectivity index (χ1n) is 7.33. The van der Waals surface area contributed by atoms with Crippen molar-refractivity contribution in [3.63, 3.8) is 0 Å². The van der Waals surface area contributed by atoms with Gasteiger partial charge in [0.05, 0.1) is 18.8 Å². The van der Waals surface area contributed by atoms with Crippen LogP contribution in [0.4, 0.5) is 0 Å². The number of nitrogens with zero attached hydrogens (tertiary/aromatic N) is 3. The van der Waals surface area contributed by atoms with Crippen LogP contribution in [0, 0.1) is 5.92 Å². The highest BCUT2D eigenvalue weighted by Crippen LogP contribution is 2.07. The Balaban J connectivity index is 2.11. The fourth-order valence-corrected chi connectivity index (χ4v) is 1.96. The van der Waals surface area contributed by atoms with Crippen molar-refractivity contribution in [1.29, 1.82) is 0 Å². The van der Waals surface area contributed by atoms with E-state index in [-0.39, 0.29) is 6.04 Å². The fourth-order valence-electron chi connectivity index (χ4n) is 1.96. The molecule has 20 heavy (non-hydrogen) atoms. The van der Waals surface area contributed by atoms with Crippen molar-refractivity contribution in [2.45, 2.75) is 45.8 Å². The Morgan fingerprint density at radius 3 is 2.75 bits per heavy atom. The third-order valence-electron chi connectivity index (χ3n) is 3.17. The predicted octanol–water partition coefficient (Wildman–Crippen LogP) is 1.28. The maximum atomic E-state index is 9.84. The molecule has 1 aromatic rings. The van der Waals surface area contributed by atoms with E-state index in [4.69, 9.17) is 4.74 Å². The SMILES string of the molecule is CC(C)CCCOCC(O)CNC(C)c1nncn1C. The molecule has 0 aliphatic carbocycles. The maximum Gasteiger partial charge on any atom is 0.149 e. The molecule has 2 N–H and O–H groups in total. The van der Waals surface area contributed by atoms with Crippen molar-refractivity contribution in [3.05, 3.63) is 12.2 Å². The van der Waals surface area contributed by atoms with Crippen LogP contribution in [0.3, 0.4) is 0 Å². The molecular formula is C14H28N4O2. The summed E-state index contributed by atoms with van der Waals surface area (Å²) in [4.78, 5) is 0. The van der Waals surface area contributed by atoms with Crippen molar-refractivity contribution in [1.82, 2.24) is 20.1 Å². The van der Waals surface area contributed by atoms with Gasteiger partial charge in [0, 0.05) is 20.2 Å². The smallest absolute Gasteiger partial charge is 0.149 e. The zero-order chi connectivity index (χ0) is 15.0. The predicted molar refractivity (Wildman–Crippen MR) is 78.3 cm³/mol. The lowest BCUT2D eigenvalue weighted by molar-refractivity contribution is 0.0335. The minimum atomic E-state index is -0.496. The summed E-state index contributed by atoms with van der Waals surface area (Å²) in [5.74, 6) is 1.56. The number of rotatable bonds is 10. The molecule has 2 atom stereocenters. The molecule has 1 rings (SSSR count). The quantitative estimate of drug-likeness (QED) is 0.633. The lowest BCUT2D eigenvalue weighted by Crippen LogP contribution is -2.33. The summed E-state index contributed by atoms with van der Waals surface area (Å²) >= 11 is 0. The van der Waals surface area contributed by atoms with Crippen molar-refractivity contribution < 1.29 is 9.84 Å². The van der Waals surface area contributed by atoms with Crippen molar-refractivity contribution >= 4 is 0 Å². The number of aliphatic hydroxyl groups excluding tert-OH is 1. The van der Waals surface area contributed by atoms with E-state index in [1.807, 2.05) is 18.5 Å². The molecule has 6 heteroatoms. The second-order valence-electron chi connectivity index (χ2n) is 5.69. The van der Waals surface area contributed by atoms with Gasteiger partial charge in [-0.1, -0.05) is 13.8 Å². The summed E-state index contributed by atoms with van der Waals surface area (Å²) in [5.41, 5.74) is 0. The monoisotopic (exact) mass is 284 g/mol. The number of aromatic nitrogens is 3. The summed E-state index contributed by atoms with van der Waals surface area (Å²) < 4.78 is 7.34. The Morgan fingerprint density at radius 1 is 1.40 bits per heavy atom. The zero-order valence-corrected chi connectivity index (χ0v) is 13.0. The van der Waals surface area contributed by atoms with E-state index in [1.165, 1.54) is 0 Å². The summed E-state index contributed by atoms with van der Waals surface area (Å²) in [7, 11) is 1.90. The number of hydrogen-bond donors (Lipinski definition) is 2. The minimum absolute atomic E-state index is 0.0538. The lowest BCUT2D eigenvalue weighted by Gasteiger charge is -2.16. The number of aryl methyl sites for hydroxylation is 1. The Bertz CT molecular complexity index is 368. The van der Waals surface area contributed by atoms with Gasteiger partial charge in [0.1, 0.15) is 12.2 Å². The molecule has 0 aromatic carbocycles. The topological polar surface area (TPSA) is 72.2 Å². The van der Waals surface area contributed by atoms with Gasteiger partial charge in [-0.2, -0.15) is 0 Å². The molecule has 0 fully saturated rings. The first-order chi connectivity index (χ1) is 9.50. The summed E-state index contributed by atoms with van der Waals surface area (Å²) in [6.45, 7) is 7.97. The van der Waals surface area contributed by atoms with E-state index in [2.05, 4.69) is 29.4 Å². The van der Waals surface area contributed by atoms with E-state index in [0.29, 0.717) is 25.7 Å². The minimum Gasteiger partial charge on any atom is -0.389 e. The molecule has 1 heterocycles. The molecule has 6 nitrogen and oxygen atoms in total. The van der Waals surface area contributed by atoms with Gasteiger partial charge in [-0.15, -0.1) is 10.2 Å². The maximum absolute atomic E-state index is 9.84. The van der Waals surface area contributed by atoms with Crippen LogP contribution in [0.1, 0.15) is 45.5 Å². The molecule has 0 radical (unpaired) electrons. The largest absolute Gasteiger partial charge is 0.389 e. The standard InChI is InChI=1S/C14H28N4O2/c1-11(2)6-5-7-20-9-13(19)8-15-12(3)14-17-16-10-18(14)4/h10-13,15,19H,5-9H2,1-4H3. The van der Waals surface area contributed by atoms with Crippen LogP contribution in [0.15, 0.2) is 6.33 Å². The van der Waals surface area contributed by atoms with Crippen LogP contribution in [0.25, 0.3) is 0 Å². The van der Waals surface area contributed by atoms with Gasteiger partial charge in [0.15, 0.2) is 0 Å². The second-order valence-corrected chi connectivity index (χ2v) is 5.69. The van der Waals surface area contributed by atoms with Gasteiger partial charge < -0.3 is 19.7 Å². The molecular weight excluding hydrogens is 256 g/mol. The third-order valence-corrected chi connectivity index (χ3v) is 3.17. The first kappa shape index (κ1) is 17.1. The molecule has 116 valence electrons. The Hall–Kier alpha value is -0.980. The lowest BCUT2D eigenvalue weighted by atomic mass is 10.1. The molecule has 0 spiro atoms. The Labute approximate surface area is 121 Å². The highest BCUT2D eigenvalue weighted by Gasteiger charge is 2.12. The van der Waals surface area contributed by atoms with Gasteiger partial charge in [0.2, 0.25) is 0 Å². The molecule has 2 unspecified atom stereocenters. The molecule has 0 amide bonds. The van der Waals surface area contributed by atoms with Gasteiger partial charge in [-0.05, 0) is 25.7 Å². The Kier molecular flexibility index (Phi) is 7.72. The Morgan fingerprint density at radius 2 is 2.15 bits per heavy atom. The van der Waals surface area contributed by atoms with Gasteiger partial charge in [-0.3, -0.25) is 0 Å². The molecule has 1 aromatic heterocycles. The fraction of sp³-hybridized carbons (Fsp3) is 0.857. The van der Waals surface area contributed by atoms with Crippen LogP contribution in [-0.4, -0.2) is 45.7 Å². The van der Waals surface area contributed by atoms with Crippen LogP contribution < -0.4 is 5.32 Å². The normalized spacial score (nSPS) is 14.7. The molecule has 0 aliphatic rings. The van der Waals surface area contributed by atoms with Crippen LogP contribution in [0.2, 0.25) is 0 Å². The van der Waals surface area contributed by atoms with E-state index >= 15 is 0 Å². The van der Waals surface area contributed by atoms with E-state index in [1.54, 1.807) is 6.33 Å². The number of nitrogens with one attached hydrogen (secondary N) is 1. The summed E-state index contributed by atoms with van der Waals surface area (Å²) in [5, 5.41) is 20.9. The summed E-state index contributed by atoms with van der Waals surface area (Å²) in [6, 6.07) is 0.0538. The van der Waals surface area contributed by atoms with Crippen molar-refractivity contribution in [2.24, 2.45) is 13.0 Å². The van der Waals surface area contributed by atoms with E-state index < -0.39 is 6.10 Å².